The van der Waals surface area contributed by atoms with Crippen LogP contribution in [0.25, 0.3) is 17.2 Å². The van der Waals surface area contributed by atoms with E-state index in [0.717, 1.165) is 38.5 Å². The predicted octanol–water partition coefficient (Wildman–Crippen LogP) is 10.3. The molecular weight excluding hydrogens is 516 g/mol. The standard InChI is InChI=1S/C34H38F4O2/c1-3-5-21-39-27-16-13-25(14-17-27)28-18-15-26(31(35)32(28)36)12-9-23-7-10-24(11-8-23)29-19-20-30(34(38)33(29)37)40-22-6-4-2/h9,12-20,23-24H,3-8,10-11,21-22H2,1-2H3/b12-9+. The quantitative estimate of drug-likeness (QED) is 0.164. The average Bonchev–Trinajstić information content (AvgIpc) is 2.97. The Morgan fingerprint density at radius 3 is 2.05 bits per heavy atom. The fourth-order valence-electron chi connectivity index (χ4n) is 5.14. The Bertz CT molecular complexity index is 1280. The molecule has 0 aromatic heterocycles. The first kappa shape index (κ1) is 29.7. The van der Waals surface area contributed by atoms with E-state index in [0.29, 0.717) is 42.9 Å². The fourth-order valence-corrected chi connectivity index (χ4v) is 5.14. The van der Waals surface area contributed by atoms with Crippen LogP contribution in [-0.2, 0) is 0 Å². The smallest absolute Gasteiger partial charge is 0.200 e. The van der Waals surface area contributed by atoms with Crippen molar-refractivity contribution in [1.29, 1.82) is 0 Å². The van der Waals surface area contributed by atoms with Gasteiger partial charge in [0.2, 0.25) is 5.82 Å². The largest absolute Gasteiger partial charge is 0.494 e. The molecule has 0 spiro atoms. The maximum Gasteiger partial charge on any atom is 0.200 e. The lowest BCUT2D eigenvalue weighted by atomic mass is 9.78. The van der Waals surface area contributed by atoms with Crippen LogP contribution < -0.4 is 9.47 Å². The summed E-state index contributed by atoms with van der Waals surface area (Å²) in [6.45, 7) is 5.08. The Kier molecular flexibility index (Phi) is 10.7. The molecule has 40 heavy (non-hydrogen) atoms. The zero-order valence-electron chi connectivity index (χ0n) is 23.3. The second-order valence-electron chi connectivity index (χ2n) is 10.5. The van der Waals surface area contributed by atoms with Gasteiger partial charge in [0.1, 0.15) is 5.75 Å². The third-order valence-electron chi connectivity index (χ3n) is 7.64. The predicted molar refractivity (Wildman–Crippen MR) is 153 cm³/mol. The van der Waals surface area contributed by atoms with Crippen LogP contribution >= 0.6 is 0 Å². The van der Waals surface area contributed by atoms with Gasteiger partial charge in [-0.3, -0.25) is 0 Å². The van der Waals surface area contributed by atoms with E-state index in [1.807, 2.05) is 13.0 Å². The van der Waals surface area contributed by atoms with Crippen LogP contribution in [-0.4, -0.2) is 13.2 Å². The molecule has 2 nitrogen and oxygen atoms in total. The van der Waals surface area contributed by atoms with Gasteiger partial charge in [0.05, 0.1) is 13.2 Å². The number of hydrogen-bond donors (Lipinski definition) is 0. The lowest BCUT2D eigenvalue weighted by Gasteiger charge is -2.27. The molecule has 0 N–H and O–H groups in total. The van der Waals surface area contributed by atoms with Crippen molar-refractivity contribution in [3.05, 3.63) is 89.0 Å². The first-order valence-electron chi connectivity index (χ1n) is 14.4. The summed E-state index contributed by atoms with van der Waals surface area (Å²) >= 11 is 0. The lowest BCUT2D eigenvalue weighted by Crippen LogP contribution is -2.14. The summed E-state index contributed by atoms with van der Waals surface area (Å²) in [5.41, 5.74) is 1.35. The summed E-state index contributed by atoms with van der Waals surface area (Å²) in [4.78, 5) is 0. The number of allylic oxidation sites excluding steroid dienone is 1. The number of unbranched alkanes of at least 4 members (excludes halogenated alkanes) is 2. The zero-order valence-corrected chi connectivity index (χ0v) is 23.3. The fraction of sp³-hybridized carbons (Fsp3) is 0.412. The van der Waals surface area contributed by atoms with Gasteiger partial charge in [-0.1, -0.05) is 69.2 Å². The van der Waals surface area contributed by atoms with Crippen molar-refractivity contribution < 1.29 is 27.0 Å². The number of halogens is 4. The van der Waals surface area contributed by atoms with Crippen LogP contribution in [0.4, 0.5) is 17.6 Å². The van der Waals surface area contributed by atoms with Gasteiger partial charge in [-0.05, 0) is 79.7 Å². The van der Waals surface area contributed by atoms with E-state index in [4.69, 9.17) is 9.47 Å². The molecule has 1 aliphatic rings. The second-order valence-corrected chi connectivity index (χ2v) is 10.5. The highest BCUT2D eigenvalue weighted by atomic mass is 19.2. The van der Waals surface area contributed by atoms with Crippen molar-refractivity contribution in [3.8, 4) is 22.6 Å². The highest BCUT2D eigenvalue weighted by molar-refractivity contribution is 5.67. The van der Waals surface area contributed by atoms with Gasteiger partial charge >= 0.3 is 0 Å². The summed E-state index contributed by atoms with van der Waals surface area (Å²) in [7, 11) is 0. The topological polar surface area (TPSA) is 18.5 Å². The molecule has 4 rings (SSSR count). The normalized spacial score (nSPS) is 17.4. The molecular formula is C34H38F4O2. The Balaban J connectivity index is 1.36. The van der Waals surface area contributed by atoms with Gasteiger partial charge in [0, 0.05) is 11.1 Å². The molecule has 0 atom stereocenters. The van der Waals surface area contributed by atoms with Crippen molar-refractivity contribution >= 4 is 6.08 Å². The summed E-state index contributed by atoms with van der Waals surface area (Å²) in [6.07, 6.45) is 10.1. The summed E-state index contributed by atoms with van der Waals surface area (Å²) in [6, 6.07) is 13.3. The zero-order chi connectivity index (χ0) is 28.5. The molecule has 214 valence electrons. The van der Waals surface area contributed by atoms with Gasteiger partial charge in [0.15, 0.2) is 23.2 Å². The van der Waals surface area contributed by atoms with Gasteiger partial charge in [-0.25, -0.2) is 13.2 Å². The van der Waals surface area contributed by atoms with Gasteiger partial charge in [-0.15, -0.1) is 0 Å². The average molecular weight is 555 g/mol. The third-order valence-corrected chi connectivity index (χ3v) is 7.64. The Morgan fingerprint density at radius 2 is 1.38 bits per heavy atom. The van der Waals surface area contributed by atoms with Crippen molar-refractivity contribution in [2.45, 2.75) is 71.1 Å². The third kappa shape index (κ3) is 7.26. The molecule has 1 fully saturated rings. The number of hydrogen-bond acceptors (Lipinski definition) is 2. The van der Waals surface area contributed by atoms with Gasteiger partial charge in [-0.2, -0.15) is 4.39 Å². The van der Waals surface area contributed by atoms with Crippen molar-refractivity contribution in [3.63, 3.8) is 0 Å². The van der Waals surface area contributed by atoms with Crippen molar-refractivity contribution in [2.75, 3.05) is 13.2 Å². The van der Waals surface area contributed by atoms with Crippen LogP contribution in [0.15, 0.2) is 54.6 Å². The van der Waals surface area contributed by atoms with Gasteiger partial charge in [0.25, 0.3) is 0 Å². The molecule has 3 aromatic rings. The van der Waals surface area contributed by atoms with Crippen LogP contribution in [0.1, 0.15) is 82.3 Å². The van der Waals surface area contributed by atoms with Crippen LogP contribution in [0, 0.1) is 29.2 Å². The molecule has 0 amide bonds. The maximum atomic E-state index is 15.0. The van der Waals surface area contributed by atoms with Crippen LogP contribution in [0.5, 0.6) is 11.5 Å². The second kappa shape index (κ2) is 14.4. The maximum absolute atomic E-state index is 15.0. The molecule has 3 aromatic carbocycles. The van der Waals surface area contributed by atoms with E-state index in [1.165, 1.54) is 6.07 Å². The molecule has 1 saturated carbocycles. The molecule has 6 heteroatoms. The molecule has 0 radical (unpaired) electrons. The van der Waals surface area contributed by atoms with E-state index in [2.05, 4.69) is 6.92 Å². The van der Waals surface area contributed by atoms with E-state index < -0.39 is 23.3 Å². The number of ether oxygens (including phenoxy) is 2. The minimum atomic E-state index is -0.923. The van der Waals surface area contributed by atoms with Crippen LogP contribution in [0.3, 0.4) is 0 Å². The minimum absolute atomic E-state index is 0.0416. The highest BCUT2D eigenvalue weighted by Crippen LogP contribution is 2.39. The van der Waals surface area contributed by atoms with E-state index in [1.54, 1.807) is 48.5 Å². The highest BCUT2D eigenvalue weighted by Gasteiger charge is 2.26. The van der Waals surface area contributed by atoms with Gasteiger partial charge < -0.3 is 9.47 Å². The molecule has 0 saturated heterocycles. The molecule has 1 aliphatic carbocycles. The van der Waals surface area contributed by atoms with E-state index in [9.17, 15) is 17.6 Å². The Hall–Kier alpha value is -3.28. The molecule has 0 heterocycles. The summed E-state index contributed by atoms with van der Waals surface area (Å²) < 4.78 is 70.3. The van der Waals surface area contributed by atoms with Crippen molar-refractivity contribution in [2.24, 2.45) is 5.92 Å². The minimum Gasteiger partial charge on any atom is -0.494 e. The Morgan fingerprint density at radius 1 is 0.700 bits per heavy atom. The first-order valence-corrected chi connectivity index (χ1v) is 14.4. The monoisotopic (exact) mass is 554 g/mol. The molecule has 0 unspecified atom stereocenters. The summed E-state index contributed by atoms with van der Waals surface area (Å²) in [5, 5.41) is 0. The lowest BCUT2D eigenvalue weighted by molar-refractivity contribution is 0.286. The molecule has 0 aliphatic heterocycles. The van der Waals surface area contributed by atoms with Crippen LogP contribution in [0.2, 0.25) is 0 Å². The SMILES string of the molecule is CCCCOc1ccc(-c2ccc(/C=C/C3CCC(c4ccc(OCCCC)c(F)c4F)CC3)c(F)c2F)cc1. The number of rotatable bonds is 12. The first-order chi connectivity index (χ1) is 19.4. The van der Waals surface area contributed by atoms with E-state index >= 15 is 0 Å². The Labute approximate surface area is 235 Å². The summed E-state index contributed by atoms with van der Waals surface area (Å²) in [5.74, 6) is -2.79. The van der Waals surface area contributed by atoms with Crippen molar-refractivity contribution in [1.82, 2.24) is 0 Å². The molecule has 0 bridgehead atoms. The van der Waals surface area contributed by atoms with E-state index in [-0.39, 0.29) is 28.7 Å². The number of benzene rings is 3.